The molecule has 0 bridgehead atoms. The molecule has 3 nitrogen and oxygen atoms in total. The van der Waals surface area contributed by atoms with Crippen LogP contribution in [0.4, 0.5) is 13.2 Å². The van der Waals surface area contributed by atoms with Gasteiger partial charge in [0.25, 0.3) is 0 Å². The normalized spacial score (nSPS) is 14.9. The van der Waals surface area contributed by atoms with Gasteiger partial charge >= 0.3 is 105 Å². The topological polar surface area (TPSA) is 46.5 Å². The van der Waals surface area contributed by atoms with Crippen LogP contribution < -0.4 is 0 Å². The van der Waals surface area contributed by atoms with Gasteiger partial charge < -0.3 is 9.42 Å². The third kappa shape index (κ3) is 14.0. The van der Waals surface area contributed by atoms with E-state index in [0.717, 1.165) is 0 Å². The average molecular weight is 416 g/mol. The van der Waals surface area contributed by atoms with Crippen LogP contribution in [0.15, 0.2) is 0 Å². The van der Waals surface area contributed by atoms with Crippen molar-refractivity contribution in [2.24, 2.45) is 0 Å². The standard InChI is InChI=1S/C13H31P.C2H4F3O3P.H3P/c1-5-8-11-14(4,12-9-6-2)13-10-7-3;1-8-9(6,7)2(3,4)5;/h14H,5-13H2,1-4H3;1H3,(H,6,7);1H3. The molecule has 0 rings (SSSR count). The van der Waals surface area contributed by atoms with E-state index >= 15 is 0 Å². The van der Waals surface area contributed by atoms with Gasteiger partial charge in [-0.2, -0.15) is 23.1 Å². The van der Waals surface area contributed by atoms with Crippen molar-refractivity contribution in [3.8, 4) is 0 Å². The van der Waals surface area contributed by atoms with Crippen LogP contribution in [-0.2, 0) is 9.09 Å². The van der Waals surface area contributed by atoms with Gasteiger partial charge in [0.05, 0.1) is 0 Å². The minimum absolute atomic E-state index is 0. The minimum Gasteiger partial charge on any atom is -0.318 e. The van der Waals surface area contributed by atoms with Gasteiger partial charge in [-0.05, 0) is 0 Å². The van der Waals surface area contributed by atoms with Crippen molar-refractivity contribution < 1.29 is 27.2 Å². The van der Waals surface area contributed by atoms with E-state index in [4.69, 9.17) is 4.89 Å². The third-order valence-electron chi connectivity index (χ3n) is 3.97. The van der Waals surface area contributed by atoms with Gasteiger partial charge in [-0.15, -0.1) is 0 Å². The van der Waals surface area contributed by atoms with Crippen LogP contribution >= 0.6 is 24.8 Å². The van der Waals surface area contributed by atoms with Gasteiger partial charge in [-0.25, -0.2) is 0 Å². The number of halogens is 3. The molecule has 2 unspecified atom stereocenters. The number of rotatable bonds is 10. The van der Waals surface area contributed by atoms with E-state index in [1.165, 1.54) is 38.5 Å². The summed E-state index contributed by atoms with van der Waals surface area (Å²) in [7, 11) is -5.65. The van der Waals surface area contributed by atoms with Crippen molar-refractivity contribution in [2.75, 3.05) is 32.3 Å². The number of hydrogen-bond donors (Lipinski definition) is 1. The Morgan fingerprint density at radius 1 is 0.958 bits per heavy atom. The van der Waals surface area contributed by atoms with Gasteiger partial charge in [0.2, 0.25) is 0 Å². The number of hydrogen-bond acceptors (Lipinski definition) is 2. The van der Waals surface area contributed by atoms with Crippen LogP contribution in [0.5, 0.6) is 0 Å². The van der Waals surface area contributed by atoms with Gasteiger partial charge in [0.1, 0.15) is 0 Å². The molecule has 0 radical (unpaired) electrons. The fourth-order valence-corrected chi connectivity index (χ4v) is 6.87. The third-order valence-corrected chi connectivity index (χ3v) is 9.79. The van der Waals surface area contributed by atoms with Crippen molar-refractivity contribution in [1.29, 1.82) is 0 Å². The summed E-state index contributed by atoms with van der Waals surface area (Å²) in [4.78, 5) is 7.87. The maximum atomic E-state index is 11.2. The molecule has 0 saturated heterocycles. The predicted octanol–water partition coefficient (Wildman–Crippen LogP) is 6.16. The van der Waals surface area contributed by atoms with Crippen LogP contribution in [0, 0.1) is 0 Å². The predicted molar refractivity (Wildman–Crippen MR) is 108 cm³/mol. The van der Waals surface area contributed by atoms with E-state index in [1.807, 2.05) is 0 Å². The maximum absolute atomic E-state index is 11.2. The Hall–Kier alpha value is 0.800. The Balaban J connectivity index is -0.000000385. The van der Waals surface area contributed by atoms with Gasteiger partial charge in [-0.3, -0.25) is 4.57 Å². The van der Waals surface area contributed by atoms with Gasteiger partial charge in [0.15, 0.2) is 0 Å². The molecule has 0 heterocycles. The molecule has 0 aromatic heterocycles. The second kappa shape index (κ2) is 14.9. The van der Waals surface area contributed by atoms with Gasteiger partial charge in [0, 0.05) is 7.11 Å². The Morgan fingerprint density at radius 2 is 1.25 bits per heavy atom. The molecular weight excluding hydrogens is 378 g/mol. The largest absolute Gasteiger partial charge is 0.493 e. The molecule has 0 aliphatic rings. The zero-order valence-electron chi connectivity index (χ0n) is 15.9. The van der Waals surface area contributed by atoms with Crippen LogP contribution in [0.2, 0.25) is 0 Å². The van der Waals surface area contributed by atoms with Crippen molar-refractivity contribution in [3.05, 3.63) is 0 Å². The summed E-state index contributed by atoms with van der Waals surface area (Å²) in [5.74, 6) is -5.16. The van der Waals surface area contributed by atoms with Crippen LogP contribution in [-0.4, -0.2) is 43.1 Å². The summed E-state index contributed by atoms with van der Waals surface area (Å²) >= 11 is 0. The van der Waals surface area contributed by atoms with E-state index in [9.17, 15) is 17.7 Å². The van der Waals surface area contributed by atoms with Crippen LogP contribution in [0.25, 0.3) is 0 Å². The molecule has 0 amide bonds. The fraction of sp³-hybridized carbons (Fsp3) is 1.00. The van der Waals surface area contributed by atoms with Crippen molar-refractivity contribution >= 4 is 24.8 Å². The van der Waals surface area contributed by atoms with Crippen LogP contribution in [0.3, 0.4) is 0 Å². The zero-order valence-corrected chi connectivity index (χ0v) is 19.2. The first-order chi connectivity index (χ1) is 10.5. The molecule has 0 aromatic carbocycles. The fourth-order valence-electron chi connectivity index (χ4n) is 2.29. The molecule has 9 heteroatoms. The second-order valence-electron chi connectivity index (χ2n) is 6.29. The second-order valence-corrected chi connectivity index (χ2v) is 13.3. The molecule has 0 aliphatic heterocycles. The molecule has 0 aromatic rings. The summed E-state index contributed by atoms with van der Waals surface area (Å²) in [5, 5.41) is 0. The number of unbranched alkanes of at least 4 members (excludes halogenated alkanes) is 3. The average Bonchev–Trinajstić information content (AvgIpc) is 2.48. The zero-order chi connectivity index (χ0) is 18.6. The van der Waals surface area contributed by atoms with Crippen molar-refractivity contribution in [1.82, 2.24) is 0 Å². The first kappa shape index (κ1) is 29.6. The smallest absolute Gasteiger partial charge is 0.318 e. The van der Waals surface area contributed by atoms with Crippen molar-refractivity contribution in [2.45, 2.75) is 65.2 Å². The summed E-state index contributed by atoms with van der Waals surface area (Å²) < 4.78 is 46.7. The first-order valence-electron chi connectivity index (χ1n) is 8.45. The summed E-state index contributed by atoms with van der Waals surface area (Å²) in [6, 6.07) is 0. The molecule has 0 saturated carbocycles. The molecule has 0 fully saturated rings. The van der Waals surface area contributed by atoms with E-state index < -0.39 is 20.8 Å². The van der Waals surface area contributed by atoms with Crippen molar-refractivity contribution in [3.63, 3.8) is 0 Å². The molecular formula is C15H38F3O3P3. The molecule has 1 N–H and O–H groups in total. The summed E-state index contributed by atoms with van der Waals surface area (Å²) in [5.41, 5.74) is 0. The van der Waals surface area contributed by atoms with Gasteiger partial charge in [-0.1, -0.05) is 0 Å². The Morgan fingerprint density at radius 3 is 1.38 bits per heavy atom. The molecule has 0 aliphatic carbocycles. The van der Waals surface area contributed by atoms with E-state index in [-0.39, 0.29) is 9.90 Å². The Bertz CT molecular complexity index is 318. The Labute approximate surface area is 150 Å². The maximum Gasteiger partial charge on any atom is 0.493 e. The van der Waals surface area contributed by atoms with E-state index in [2.05, 4.69) is 32.0 Å². The Kier molecular flexibility index (Phi) is 18.4. The minimum atomic E-state index is -5.36. The number of alkyl halides is 3. The molecule has 152 valence electrons. The molecule has 2 atom stereocenters. The molecule has 24 heavy (non-hydrogen) atoms. The monoisotopic (exact) mass is 416 g/mol. The summed E-state index contributed by atoms with van der Waals surface area (Å²) in [6.45, 7) is 9.63. The SMILES string of the molecule is CCCC[PH](C)(CCCC)CCCC.COP(=O)(O)C(F)(F)F.P. The first-order valence-corrected chi connectivity index (χ1v) is 13.1. The van der Waals surface area contributed by atoms with E-state index in [0.29, 0.717) is 7.11 Å². The molecule has 0 spiro atoms. The summed E-state index contributed by atoms with van der Waals surface area (Å²) in [6.07, 6.45) is 13.4. The van der Waals surface area contributed by atoms with E-state index in [1.54, 1.807) is 18.5 Å². The van der Waals surface area contributed by atoms with Crippen LogP contribution in [0.1, 0.15) is 59.3 Å². The quantitative estimate of drug-likeness (QED) is 0.434.